The lowest BCUT2D eigenvalue weighted by atomic mass is 10.0. The minimum Gasteiger partial charge on any atom is -0.479 e. The predicted octanol–water partition coefficient (Wildman–Crippen LogP) is 1.52. The second-order valence-electron chi connectivity index (χ2n) is 3.79. The van der Waals surface area contributed by atoms with Crippen LogP contribution in [0, 0.1) is 10.1 Å². The van der Waals surface area contributed by atoms with E-state index in [-0.39, 0.29) is 11.1 Å². The van der Waals surface area contributed by atoms with Gasteiger partial charge < -0.3 is 10.2 Å². The molecule has 2 N–H and O–H groups in total. The molecule has 1 rings (SSSR count). The SMILES string of the molecule is CC(Cl)C(=O)c1cc(C(O)C(=O)O)cc([N+](=O)[O-])c1. The van der Waals surface area contributed by atoms with Gasteiger partial charge in [0.25, 0.3) is 5.69 Å². The number of carbonyl (C=O) groups excluding carboxylic acids is 1. The fourth-order valence-electron chi connectivity index (χ4n) is 1.41. The molecule has 1 aromatic rings. The molecular weight excluding hydrogens is 278 g/mol. The molecule has 8 heteroatoms. The second-order valence-corrected chi connectivity index (χ2v) is 4.45. The number of nitrogens with zero attached hydrogens (tertiary/aromatic N) is 1. The number of Topliss-reactive ketones (excluding diaryl/α,β-unsaturated/α-hetero) is 1. The first-order valence-corrected chi connectivity index (χ1v) is 5.56. The molecule has 0 saturated heterocycles. The summed E-state index contributed by atoms with van der Waals surface area (Å²) in [5, 5.41) is 27.9. The van der Waals surface area contributed by atoms with Crippen molar-refractivity contribution < 1.29 is 24.7 Å². The minimum absolute atomic E-state index is 0.119. The van der Waals surface area contributed by atoms with Crippen LogP contribution < -0.4 is 0 Å². The van der Waals surface area contributed by atoms with Gasteiger partial charge in [-0.05, 0) is 18.6 Å². The standard InChI is InChI=1S/C11H10ClNO6/c1-5(12)9(14)6-2-7(10(15)11(16)17)4-8(3-6)13(18)19/h2-5,10,15H,1H3,(H,16,17). The molecule has 19 heavy (non-hydrogen) atoms. The number of hydrogen-bond donors (Lipinski definition) is 2. The van der Waals surface area contributed by atoms with Crippen molar-refractivity contribution in [2.24, 2.45) is 0 Å². The molecule has 7 nitrogen and oxygen atoms in total. The highest BCUT2D eigenvalue weighted by molar-refractivity contribution is 6.33. The van der Waals surface area contributed by atoms with Gasteiger partial charge in [-0.1, -0.05) is 0 Å². The van der Waals surface area contributed by atoms with Crippen LogP contribution in [-0.4, -0.2) is 32.3 Å². The van der Waals surface area contributed by atoms with Gasteiger partial charge in [-0.25, -0.2) is 4.79 Å². The van der Waals surface area contributed by atoms with Gasteiger partial charge in [0.1, 0.15) is 0 Å². The van der Waals surface area contributed by atoms with E-state index in [1.165, 1.54) is 6.92 Å². The van der Waals surface area contributed by atoms with Gasteiger partial charge in [0, 0.05) is 17.7 Å². The van der Waals surface area contributed by atoms with Gasteiger partial charge in [0.05, 0.1) is 10.3 Å². The highest BCUT2D eigenvalue weighted by atomic mass is 35.5. The van der Waals surface area contributed by atoms with E-state index < -0.39 is 33.8 Å². The highest BCUT2D eigenvalue weighted by Crippen LogP contribution is 2.24. The van der Waals surface area contributed by atoms with Crippen LogP contribution in [0.2, 0.25) is 0 Å². The van der Waals surface area contributed by atoms with Crippen molar-refractivity contribution in [2.45, 2.75) is 18.4 Å². The largest absolute Gasteiger partial charge is 0.479 e. The summed E-state index contributed by atoms with van der Waals surface area (Å²) in [6.07, 6.45) is -1.95. The Morgan fingerprint density at radius 3 is 2.37 bits per heavy atom. The van der Waals surface area contributed by atoms with Crippen LogP contribution in [0.5, 0.6) is 0 Å². The number of benzene rings is 1. The van der Waals surface area contributed by atoms with Crippen LogP contribution in [0.1, 0.15) is 28.9 Å². The fourth-order valence-corrected chi connectivity index (χ4v) is 1.54. The van der Waals surface area contributed by atoms with Crippen molar-refractivity contribution in [3.05, 3.63) is 39.4 Å². The van der Waals surface area contributed by atoms with Crippen LogP contribution in [0.3, 0.4) is 0 Å². The van der Waals surface area contributed by atoms with Gasteiger partial charge in [0.15, 0.2) is 11.9 Å². The first kappa shape index (κ1) is 15.1. The molecule has 102 valence electrons. The summed E-state index contributed by atoms with van der Waals surface area (Å²) in [4.78, 5) is 32.3. The van der Waals surface area contributed by atoms with Crippen molar-refractivity contribution in [1.29, 1.82) is 0 Å². The summed E-state index contributed by atoms with van der Waals surface area (Å²) in [6, 6.07) is 2.96. The molecule has 0 radical (unpaired) electrons. The molecule has 0 spiro atoms. The summed E-state index contributed by atoms with van der Waals surface area (Å²) >= 11 is 5.59. The number of alkyl halides is 1. The minimum atomic E-state index is -1.95. The monoisotopic (exact) mass is 287 g/mol. The number of non-ortho nitro benzene ring substituents is 1. The molecule has 0 heterocycles. The Kier molecular flexibility index (Phi) is 4.57. The highest BCUT2D eigenvalue weighted by Gasteiger charge is 2.23. The normalized spacial score (nSPS) is 13.6. The van der Waals surface area contributed by atoms with Crippen molar-refractivity contribution in [3.8, 4) is 0 Å². The number of aliphatic carboxylic acids is 1. The quantitative estimate of drug-likeness (QED) is 0.367. The van der Waals surface area contributed by atoms with E-state index in [4.69, 9.17) is 16.7 Å². The van der Waals surface area contributed by atoms with Crippen molar-refractivity contribution in [3.63, 3.8) is 0 Å². The Labute approximate surface area is 112 Å². The van der Waals surface area contributed by atoms with Gasteiger partial charge in [-0.15, -0.1) is 11.6 Å². The Hall–Kier alpha value is -1.99. The number of carbonyl (C=O) groups is 2. The average molecular weight is 288 g/mol. The van der Waals surface area contributed by atoms with Crippen molar-refractivity contribution in [2.75, 3.05) is 0 Å². The third-order valence-corrected chi connectivity index (χ3v) is 2.54. The maximum atomic E-state index is 11.7. The molecule has 0 bridgehead atoms. The fraction of sp³-hybridized carbons (Fsp3) is 0.273. The number of hydrogen-bond acceptors (Lipinski definition) is 5. The molecule has 2 unspecified atom stereocenters. The predicted molar refractivity (Wildman–Crippen MR) is 65.3 cm³/mol. The number of nitro benzene ring substituents is 1. The number of halogens is 1. The van der Waals surface area contributed by atoms with Crippen LogP contribution >= 0.6 is 11.6 Å². The van der Waals surface area contributed by atoms with Gasteiger partial charge in [0.2, 0.25) is 0 Å². The average Bonchev–Trinajstić information content (AvgIpc) is 2.35. The number of aliphatic hydroxyl groups is 1. The van der Waals surface area contributed by atoms with Crippen molar-refractivity contribution in [1.82, 2.24) is 0 Å². The van der Waals surface area contributed by atoms with Crippen LogP contribution in [0.15, 0.2) is 18.2 Å². The molecule has 2 atom stereocenters. The van der Waals surface area contributed by atoms with E-state index in [9.17, 15) is 24.8 Å². The number of nitro groups is 1. The Bertz CT molecular complexity index is 542. The molecule has 0 aliphatic rings. The van der Waals surface area contributed by atoms with E-state index in [0.717, 1.165) is 18.2 Å². The van der Waals surface area contributed by atoms with Crippen LogP contribution in [0.4, 0.5) is 5.69 Å². The van der Waals surface area contributed by atoms with Crippen molar-refractivity contribution >= 4 is 29.0 Å². The molecule has 0 fully saturated rings. The second kappa shape index (κ2) is 5.77. The molecule has 0 amide bonds. The molecule has 0 aliphatic carbocycles. The zero-order chi connectivity index (χ0) is 14.7. The lowest BCUT2D eigenvalue weighted by Gasteiger charge is -2.09. The zero-order valence-corrected chi connectivity index (χ0v) is 10.5. The first-order valence-electron chi connectivity index (χ1n) is 5.12. The smallest absolute Gasteiger partial charge is 0.337 e. The van der Waals surface area contributed by atoms with E-state index in [1.807, 2.05) is 0 Å². The third-order valence-electron chi connectivity index (χ3n) is 2.35. The maximum Gasteiger partial charge on any atom is 0.337 e. The van der Waals surface area contributed by atoms with E-state index >= 15 is 0 Å². The summed E-state index contributed by atoms with van der Waals surface area (Å²) in [7, 11) is 0. The summed E-state index contributed by atoms with van der Waals surface area (Å²) in [5.41, 5.74) is -0.854. The van der Waals surface area contributed by atoms with Gasteiger partial charge >= 0.3 is 5.97 Å². The third kappa shape index (κ3) is 3.49. The van der Waals surface area contributed by atoms with E-state index in [2.05, 4.69) is 0 Å². The lowest BCUT2D eigenvalue weighted by molar-refractivity contribution is -0.385. The van der Waals surface area contributed by atoms with E-state index in [1.54, 1.807) is 0 Å². The van der Waals surface area contributed by atoms with E-state index in [0.29, 0.717) is 0 Å². The Balaban J connectivity index is 3.37. The number of carboxylic acid groups (broad SMARTS) is 1. The zero-order valence-electron chi connectivity index (χ0n) is 9.74. The lowest BCUT2D eigenvalue weighted by Crippen LogP contribution is -2.15. The van der Waals surface area contributed by atoms with Crippen LogP contribution in [-0.2, 0) is 4.79 Å². The molecule has 1 aromatic carbocycles. The molecule has 0 saturated carbocycles. The molecule has 0 aromatic heterocycles. The number of aliphatic hydroxyl groups excluding tert-OH is 1. The Morgan fingerprint density at radius 2 is 1.95 bits per heavy atom. The first-order chi connectivity index (χ1) is 8.73. The van der Waals surface area contributed by atoms with Gasteiger partial charge in [-0.3, -0.25) is 14.9 Å². The topological polar surface area (TPSA) is 118 Å². The summed E-state index contributed by atoms with van der Waals surface area (Å²) in [6.45, 7) is 1.38. The maximum absolute atomic E-state index is 11.7. The summed E-state index contributed by atoms with van der Waals surface area (Å²) in [5.74, 6) is -2.16. The Morgan fingerprint density at radius 1 is 1.37 bits per heavy atom. The van der Waals surface area contributed by atoms with Crippen LogP contribution in [0.25, 0.3) is 0 Å². The number of rotatable bonds is 5. The molecular formula is C11H10ClNO6. The number of carboxylic acids is 1. The van der Waals surface area contributed by atoms with Gasteiger partial charge in [-0.2, -0.15) is 0 Å². The number of ketones is 1. The summed E-state index contributed by atoms with van der Waals surface area (Å²) < 4.78 is 0. The molecule has 0 aliphatic heterocycles.